The summed E-state index contributed by atoms with van der Waals surface area (Å²) >= 11 is 0. The quantitative estimate of drug-likeness (QED) is 0.883. The number of rotatable bonds is 3. The monoisotopic (exact) mass is 322 g/mol. The van der Waals surface area contributed by atoms with Crippen LogP contribution in [0.3, 0.4) is 0 Å². The van der Waals surface area contributed by atoms with Crippen molar-refractivity contribution in [3.8, 4) is 0 Å². The predicted octanol–water partition coefficient (Wildman–Crippen LogP) is 2.47. The first kappa shape index (κ1) is 15.9. The van der Waals surface area contributed by atoms with Gasteiger partial charge in [0.05, 0.1) is 6.54 Å². The number of ketones is 1. The van der Waals surface area contributed by atoms with Crippen LogP contribution in [0.25, 0.3) is 0 Å². The van der Waals surface area contributed by atoms with Crippen LogP contribution in [0.2, 0.25) is 0 Å². The van der Waals surface area contributed by atoms with E-state index in [0.29, 0.717) is 11.4 Å². The molecular formula is C19H18N2O3. The Morgan fingerprint density at radius 1 is 1.08 bits per heavy atom. The molecule has 5 heteroatoms. The molecule has 0 unspecified atom stereocenters. The number of anilines is 2. The molecule has 0 saturated carbocycles. The number of aryl methyl sites for hydroxylation is 2. The summed E-state index contributed by atoms with van der Waals surface area (Å²) in [6.07, 6.45) is 0. The zero-order valence-electron chi connectivity index (χ0n) is 13.6. The first-order valence-corrected chi connectivity index (χ1v) is 7.74. The number of nitrogens with one attached hydrogen (secondary N) is 1. The minimum atomic E-state index is -1.29. The lowest BCUT2D eigenvalue weighted by Crippen LogP contribution is -2.34. The van der Waals surface area contributed by atoms with E-state index in [0.717, 1.165) is 11.1 Å². The molecule has 2 aromatic rings. The van der Waals surface area contributed by atoms with Crippen LogP contribution in [-0.4, -0.2) is 24.1 Å². The molecule has 1 aliphatic rings. The number of para-hydroxylation sites is 1. The molecule has 1 saturated heterocycles. The number of hydrogen-bond acceptors (Lipinski definition) is 3. The molecule has 2 amide bonds. The van der Waals surface area contributed by atoms with Gasteiger partial charge in [-0.25, -0.2) is 0 Å². The normalized spacial score (nSPS) is 17.2. The second-order valence-corrected chi connectivity index (χ2v) is 5.97. The van der Waals surface area contributed by atoms with Crippen molar-refractivity contribution in [2.24, 2.45) is 5.92 Å². The smallest absolute Gasteiger partial charge is 0.247 e. The molecule has 1 heterocycles. The van der Waals surface area contributed by atoms with Gasteiger partial charge in [-0.15, -0.1) is 0 Å². The molecule has 0 aromatic heterocycles. The third-order valence-electron chi connectivity index (χ3n) is 4.12. The van der Waals surface area contributed by atoms with Crippen molar-refractivity contribution in [2.45, 2.75) is 13.8 Å². The van der Waals surface area contributed by atoms with Crippen molar-refractivity contribution in [3.63, 3.8) is 0 Å². The van der Waals surface area contributed by atoms with Crippen LogP contribution < -0.4 is 10.2 Å². The Kier molecular flexibility index (Phi) is 4.16. The highest BCUT2D eigenvalue weighted by molar-refractivity contribution is 6.30. The van der Waals surface area contributed by atoms with Crippen molar-refractivity contribution >= 4 is 29.0 Å². The maximum Gasteiger partial charge on any atom is 0.247 e. The fourth-order valence-electron chi connectivity index (χ4n) is 2.86. The molecular weight excluding hydrogens is 304 g/mol. The maximum absolute atomic E-state index is 12.5. The fourth-order valence-corrected chi connectivity index (χ4v) is 2.86. The Morgan fingerprint density at radius 2 is 1.79 bits per heavy atom. The van der Waals surface area contributed by atoms with E-state index in [1.165, 1.54) is 4.90 Å². The second kappa shape index (κ2) is 6.28. The highest BCUT2D eigenvalue weighted by Gasteiger charge is 2.44. The standard InChI is InChI=1S/C19H18N2O3/c1-12-8-9-15(13(2)10-12)20-18(23)17-16(22)11-21(19(17)24)14-6-4-3-5-7-14/h3-10,17H,11H2,1-2H3,(H,20,23)/t17-/m0/s1. The Balaban J connectivity index is 1.80. The van der Waals surface area contributed by atoms with E-state index in [2.05, 4.69) is 5.32 Å². The lowest BCUT2D eigenvalue weighted by molar-refractivity contribution is -0.134. The first-order valence-electron chi connectivity index (χ1n) is 7.74. The van der Waals surface area contributed by atoms with Crippen LogP contribution in [-0.2, 0) is 14.4 Å². The summed E-state index contributed by atoms with van der Waals surface area (Å²) in [5.74, 6) is -2.72. The summed E-state index contributed by atoms with van der Waals surface area (Å²) in [6.45, 7) is 3.76. The van der Waals surface area contributed by atoms with E-state index in [1.807, 2.05) is 32.0 Å². The zero-order valence-corrected chi connectivity index (χ0v) is 13.6. The molecule has 122 valence electrons. The molecule has 5 nitrogen and oxygen atoms in total. The van der Waals surface area contributed by atoms with Gasteiger partial charge in [0.2, 0.25) is 11.8 Å². The van der Waals surface area contributed by atoms with E-state index in [1.54, 1.807) is 30.3 Å². The number of hydrogen-bond donors (Lipinski definition) is 1. The number of carbonyl (C=O) groups excluding carboxylic acids is 3. The maximum atomic E-state index is 12.5. The summed E-state index contributed by atoms with van der Waals surface area (Å²) in [5.41, 5.74) is 3.21. The molecule has 0 radical (unpaired) electrons. The van der Waals surface area contributed by atoms with Crippen LogP contribution in [0.15, 0.2) is 48.5 Å². The molecule has 24 heavy (non-hydrogen) atoms. The average molecular weight is 322 g/mol. The predicted molar refractivity (Wildman–Crippen MR) is 91.8 cm³/mol. The van der Waals surface area contributed by atoms with Crippen LogP contribution >= 0.6 is 0 Å². The van der Waals surface area contributed by atoms with Crippen molar-refractivity contribution in [1.82, 2.24) is 0 Å². The van der Waals surface area contributed by atoms with Crippen molar-refractivity contribution in [1.29, 1.82) is 0 Å². The number of carbonyl (C=O) groups is 3. The third-order valence-corrected chi connectivity index (χ3v) is 4.12. The molecule has 1 aliphatic heterocycles. The molecule has 1 fully saturated rings. The molecule has 2 aromatic carbocycles. The van der Waals surface area contributed by atoms with Gasteiger partial charge in [-0.1, -0.05) is 35.9 Å². The van der Waals surface area contributed by atoms with Gasteiger partial charge in [0.1, 0.15) is 0 Å². The number of nitrogens with zero attached hydrogens (tertiary/aromatic N) is 1. The Morgan fingerprint density at radius 3 is 2.46 bits per heavy atom. The zero-order chi connectivity index (χ0) is 17.3. The van der Waals surface area contributed by atoms with Gasteiger partial charge >= 0.3 is 0 Å². The van der Waals surface area contributed by atoms with Gasteiger partial charge in [-0.05, 0) is 37.6 Å². The molecule has 0 bridgehead atoms. The van der Waals surface area contributed by atoms with E-state index >= 15 is 0 Å². The molecule has 0 spiro atoms. The average Bonchev–Trinajstić information content (AvgIpc) is 2.85. The summed E-state index contributed by atoms with van der Waals surface area (Å²) in [6, 6.07) is 14.5. The van der Waals surface area contributed by atoms with Crippen molar-refractivity contribution in [2.75, 3.05) is 16.8 Å². The van der Waals surface area contributed by atoms with Gasteiger partial charge in [-0.3, -0.25) is 14.4 Å². The molecule has 1 atom stereocenters. The second-order valence-electron chi connectivity index (χ2n) is 5.97. The van der Waals surface area contributed by atoms with Gasteiger partial charge in [0, 0.05) is 11.4 Å². The van der Waals surface area contributed by atoms with Crippen LogP contribution in [0, 0.1) is 19.8 Å². The highest BCUT2D eigenvalue weighted by atomic mass is 16.2. The van der Waals surface area contributed by atoms with Crippen LogP contribution in [0.5, 0.6) is 0 Å². The topological polar surface area (TPSA) is 66.5 Å². The summed E-state index contributed by atoms with van der Waals surface area (Å²) < 4.78 is 0. The molecule has 3 rings (SSSR count). The Hall–Kier alpha value is -2.95. The van der Waals surface area contributed by atoms with E-state index < -0.39 is 17.7 Å². The van der Waals surface area contributed by atoms with Crippen LogP contribution in [0.1, 0.15) is 11.1 Å². The van der Waals surface area contributed by atoms with Crippen molar-refractivity contribution < 1.29 is 14.4 Å². The third kappa shape index (κ3) is 2.93. The lowest BCUT2D eigenvalue weighted by atomic mass is 10.1. The first-order chi connectivity index (χ1) is 11.5. The van der Waals surface area contributed by atoms with Gasteiger partial charge in [0.25, 0.3) is 0 Å². The van der Waals surface area contributed by atoms with Crippen LogP contribution in [0.4, 0.5) is 11.4 Å². The van der Waals surface area contributed by atoms with Crippen molar-refractivity contribution in [3.05, 3.63) is 59.7 Å². The number of Topliss-reactive ketones (excluding diaryl/α,β-unsaturated/α-hetero) is 1. The summed E-state index contributed by atoms with van der Waals surface area (Å²) in [4.78, 5) is 38.6. The van der Waals surface area contributed by atoms with Gasteiger partial charge in [0.15, 0.2) is 11.7 Å². The summed E-state index contributed by atoms with van der Waals surface area (Å²) in [5, 5.41) is 2.70. The Bertz CT molecular complexity index is 815. The van der Waals surface area contributed by atoms with Gasteiger partial charge < -0.3 is 10.2 Å². The minimum Gasteiger partial charge on any atom is -0.325 e. The number of amides is 2. The molecule has 0 aliphatic carbocycles. The highest BCUT2D eigenvalue weighted by Crippen LogP contribution is 2.25. The van der Waals surface area contributed by atoms with E-state index in [-0.39, 0.29) is 12.3 Å². The largest absolute Gasteiger partial charge is 0.325 e. The number of benzene rings is 2. The Labute approximate surface area is 140 Å². The van der Waals surface area contributed by atoms with E-state index in [9.17, 15) is 14.4 Å². The lowest BCUT2D eigenvalue weighted by Gasteiger charge is -2.16. The minimum absolute atomic E-state index is 0.0756. The SMILES string of the molecule is Cc1ccc(NC(=O)[C@@H]2C(=O)CN(c3ccccc3)C2=O)c(C)c1. The summed E-state index contributed by atoms with van der Waals surface area (Å²) in [7, 11) is 0. The van der Waals surface area contributed by atoms with Gasteiger partial charge in [-0.2, -0.15) is 0 Å². The van der Waals surface area contributed by atoms with E-state index in [4.69, 9.17) is 0 Å². The fraction of sp³-hybridized carbons (Fsp3) is 0.211. The molecule has 1 N–H and O–H groups in total.